The zero-order chi connectivity index (χ0) is 22.4. The Balaban J connectivity index is 1.85. The molecule has 2 heterocycles. The third-order valence-corrected chi connectivity index (χ3v) is 4.79. The lowest BCUT2D eigenvalue weighted by molar-refractivity contribution is -0.383. The first-order chi connectivity index (χ1) is 14.9. The molecule has 2 aromatic rings. The molecule has 0 radical (unpaired) electrons. The summed E-state index contributed by atoms with van der Waals surface area (Å²) in [6, 6.07) is 6.70. The van der Waals surface area contributed by atoms with E-state index in [2.05, 4.69) is 20.6 Å². The van der Waals surface area contributed by atoms with Gasteiger partial charge in [-0.05, 0) is 44.0 Å². The van der Waals surface area contributed by atoms with Crippen molar-refractivity contribution in [3.63, 3.8) is 0 Å². The van der Waals surface area contributed by atoms with Gasteiger partial charge in [0.15, 0.2) is 0 Å². The van der Waals surface area contributed by atoms with Gasteiger partial charge >= 0.3 is 11.7 Å². The first-order valence-corrected chi connectivity index (χ1v) is 9.94. The van der Waals surface area contributed by atoms with Crippen LogP contribution in [0.2, 0.25) is 0 Å². The number of aromatic nitrogens is 2. The zero-order valence-electron chi connectivity index (χ0n) is 17.3. The van der Waals surface area contributed by atoms with E-state index >= 15 is 0 Å². The molecule has 1 aromatic carbocycles. The Hall–Kier alpha value is -3.76. The molecule has 1 saturated heterocycles. The van der Waals surface area contributed by atoms with Crippen LogP contribution >= 0.6 is 0 Å². The Bertz CT molecular complexity index is 965. The van der Waals surface area contributed by atoms with Gasteiger partial charge in [0.2, 0.25) is 17.5 Å². The van der Waals surface area contributed by atoms with E-state index in [1.807, 2.05) is 0 Å². The maximum atomic E-state index is 12.1. The van der Waals surface area contributed by atoms with Crippen molar-refractivity contribution in [2.24, 2.45) is 5.92 Å². The van der Waals surface area contributed by atoms with Crippen molar-refractivity contribution in [2.45, 2.75) is 26.7 Å². The average molecular weight is 428 g/mol. The fraction of sp³-hybridized carbons (Fsp3) is 0.400. The lowest BCUT2D eigenvalue weighted by Gasteiger charge is -2.32. The summed E-state index contributed by atoms with van der Waals surface area (Å²) in [6.45, 7) is 4.28. The molecule has 0 spiro atoms. The van der Waals surface area contributed by atoms with Crippen LogP contribution in [0, 0.1) is 16.0 Å². The van der Waals surface area contributed by atoms with Crippen LogP contribution in [0.1, 0.15) is 26.7 Å². The fourth-order valence-corrected chi connectivity index (χ4v) is 3.46. The highest BCUT2D eigenvalue weighted by atomic mass is 16.6. The minimum Gasteiger partial charge on any atom is -0.466 e. The smallest absolute Gasteiger partial charge is 0.353 e. The normalized spacial score (nSPS) is 15.8. The Labute approximate surface area is 179 Å². The molecular weight excluding hydrogens is 404 g/mol. The lowest BCUT2D eigenvalue weighted by Crippen LogP contribution is -2.40. The first-order valence-electron chi connectivity index (χ1n) is 9.94. The Kier molecular flexibility index (Phi) is 6.96. The molecule has 3 rings (SSSR count). The number of hydrogen-bond acceptors (Lipinski definition) is 9. The summed E-state index contributed by atoms with van der Waals surface area (Å²) in [6.07, 6.45) is 2.61. The number of esters is 1. The van der Waals surface area contributed by atoms with E-state index in [1.54, 1.807) is 36.1 Å². The highest BCUT2D eigenvalue weighted by Crippen LogP contribution is 2.35. The van der Waals surface area contributed by atoms with E-state index in [4.69, 9.17) is 4.74 Å². The molecular formula is C20H24N6O5. The Morgan fingerprint density at radius 1 is 1.26 bits per heavy atom. The summed E-state index contributed by atoms with van der Waals surface area (Å²) >= 11 is 0. The summed E-state index contributed by atoms with van der Waals surface area (Å²) in [5.74, 6) is -0.658. The van der Waals surface area contributed by atoms with Gasteiger partial charge in [0.05, 0.1) is 17.4 Å². The Morgan fingerprint density at radius 3 is 2.61 bits per heavy atom. The van der Waals surface area contributed by atoms with Gasteiger partial charge in [-0.2, -0.15) is 0 Å². The molecule has 1 atom stereocenters. The van der Waals surface area contributed by atoms with Crippen LogP contribution in [0.4, 0.5) is 28.7 Å². The monoisotopic (exact) mass is 428 g/mol. The molecule has 1 aliphatic rings. The highest BCUT2D eigenvalue weighted by molar-refractivity contribution is 5.89. The van der Waals surface area contributed by atoms with Crippen molar-refractivity contribution in [1.82, 2.24) is 9.97 Å². The predicted octanol–water partition coefficient (Wildman–Crippen LogP) is 2.87. The van der Waals surface area contributed by atoms with Crippen molar-refractivity contribution in [3.05, 3.63) is 40.7 Å². The van der Waals surface area contributed by atoms with Gasteiger partial charge in [-0.3, -0.25) is 19.7 Å². The van der Waals surface area contributed by atoms with E-state index in [-0.39, 0.29) is 41.7 Å². The van der Waals surface area contributed by atoms with Gasteiger partial charge < -0.3 is 20.3 Å². The molecule has 0 saturated carbocycles. The summed E-state index contributed by atoms with van der Waals surface area (Å²) in [7, 11) is 0. The second-order valence-electron chi connectivity index (χ2n) is 7.07. The predicted molar refractivity (Wildman–Crippen MR) is 114 cm³/mol. The molecule has 11 nitrogen and oxygen atoms in total. The largest absolute Gasteiger partial charge is 0.466 e. The van der Waals surface area contributed by atoms with Crippen molar-refractivity contribution in [3.8, 4) is 0 Å². The third-order valence-electron chi connectivity index (χ3n) is 4.79. The van der Waals surface area contributed by atoms with Crippen LogP contribution in [0.3, 0.4) is 0 Å². The SMILES string of the molecule is CCOC(=O)C1CCCN(c2ncnc(Nc3ccc(NC(C)=O)cc3)c2[N+](=O)[O-])C1. The number of anilines is 4. The Morgan fingerprint density at radius 2 is 1.97 bits per heavy atom. The van der Waals surface area contributed by atoms with E-state index in [0.717, 1.165) is 0 Å². The minimum atomic E-state index is -0.530. The lowest BCUT2D eigenvalue weighted by atomic mass is 9.98. The molecule has 11 heteroatoms. The van der Waals surface area contributed by atoms with Crippen molar-refractivity contribution >= 4 is 40.6 Å². The maximum Gasteiger partial charge on any atom is 0.353 e. The van der Waals surface area contributed by atoms with Crippen molar-refractivity contribution < 1.29 is 19.2 Å². The van der Waals surface area contributed by atoms with Gasteiger partial charge in [-0.15, -0.1) is 0 Å². The second-order valence-corrected chi connectivity index (χ2v) is 7.07. The van der Waals surface area contributed by atoms with Crippen LogP contribution in [0.5, 0.6) is 0 Å². The number of piperidine rings is 1. The van der Waals surface area contributed by atoms with Crippen molar-refractivity contribution in [2.75, 3.05) is 35.2 Å². The number of amides is 1. The van der Waals surface area contributed by atoms with Crippen LogP contribution < -0.4 is 15.5 Å². The number of carbonyl (C=O) groups is 2. The molecule has 164 valence electrons. The van der Waals surface area contributed by atoms with Crippen LogP contribution in [-0.4, -0.2) is 46.5 Å². The molecule has 1 aliphatic heterocycles. The number of nitrogens with one attached hydrogen (secondary N) is 2. The number of ether oxygens (including phenoxy) is 1. The summed E-state index contributed by atoms with van der Waals surface area (Å²) < 4.78 is 5.11. The quantitative estimate of drug-likeness (QED) is 0.387. The number of benzene rings is 1. The number of carbonyl (C=O) groups excluding carboxylic acids is 2. The van der Waals surface area contributed by atoms with Gasteiger partial charge in [0.25, 0.3) is 0 Å². The molecule has 1 unspecified atom stereocenters. The summed E-state index contributed by atoms with van der Waals surface area (Å²) in [5.41, 5.74) is 0.900. The number of nitrogens with zero attached hydrogens (tertiary/aromatic N) is 4. The molecule has 1 amide bonds. The van der Waals surface area contributed by atoms with E-state index in [9.17, 15) is 19.7 Å². The molecule has 1 aromatic heterocycles. The van der Waals surface area contributed by atoms with Crippen molar-refractivity contribution in [1.29, 1.82) is 0 Å². The highest BCUT2D eigenvalue weighted by Gasteiger charge is 2.33. The maximum absolute atomic E-state index is 12.1. The third kappa shape index (κ3) is 5.44. The van der Waals surface area contributed by atoms with Gasteiger partial charge in [0, 0.05) is 31.4 Å². The average Bonchev–Trinajstić information content (AvgIpc) is 2.74. The molecule has 0 bridgehead atoms. The molecule has 1 fully saturated rings. The number of hydrogen-bond donors (Lipinski definition) is 2. The minimum absolute atomic E-state index is 0.0422. The first kappa shape index (κ1) is 21.9. The standard InChI is InChI=1S/C20H24N6O5/c1-3-31-20(28)14-5-4-10-25(11-14)19-17(26(29)30)18(21-12-22-19)24-16-8-6-15(7-9-16)23-13(2)27/h6-9,12,14H,3-5,10-11H2,1-2H3,(H,23,27)(H,21,22,24). The van der Waals surface area contributed by atoms with Crippen LogP contribution in [0.15, 0.2) is 30.6 Å². The topological polar surface area (TPSA) is 140 Å². The van der Waals surface area contributed by atoms with Gasteiger partial charge in [-0.1, -0.05) is 0 Å². The van der Waals surface area contributed by atoms with Gasteiger partial charge in [-0.25, -0.2) is 9.97 Å². The fourth-order valence-electron chi connectivity index (χ4n) is 3.46. The molecule has 2 N–H and O–H groups in total. The zero-order valence-corrected chi connectivity index (χ0v) is 17.3. The number of rotatable bonds is 7. The van der Waals surface area contributed by atoms with Crippen LogP contribution in [0.25, 0.3) is 0 Å². The molecule has 0 aliphatic carbocycles. The second kappa shape index (κ2) is 9.83. The summed E-state index contributed by atoms with van der Waals surface area (Å²) in [4.78, 5) is 44.6. The van der Waals surface area contributed by atoms with E-state index < -0.39 is 4.92 Å². The number of nitro groups is 1. The van der Waals surface area contributed by atoms with Gasteiger partial charge in [0.1, 0.15) is 6.33 Å². The van der Waals surface area contributed by atoms with E-state index in [1.165, 1.54) is 13.3 Å². The van der Waals surface area contributed by atoms with Crippen LogP contribution in [-0.2, 0) is 14.3 Å². The van der Waals surface area contributed by atoms with E-state index in [0.29, 0.717) is 37.3 Å². The summed E-state index contributed by atoms with van der Waals surface area (Å²) in [5, 5.41) is 17.5. The molecule has 31 heavy (non-hydrogen) atoms.